The molecule has 1 aliphatic rings. The Hall–Kier alpha value is -0.490. The van der Waals surface area contributed by atoms with Crippen LogP contribution in [0, 0.1) is 6.92 Å². The number of halogens is 1. The number of benzene rings is 1. The van der Waals surface area contributed by atoms with Crippen LogP contribution < -0.4 is 0 Å². The quantitative estimate of drug-likeness (QED) is 0.599. The Balaban J connectivity index is 2.45. The fraction of sp³-hybridized carbons (Fsp3) is 0.300. The van der Waals surface area contributed by atoms with Gasteiger partial charge in [-0.1, -0.05) is 29.8 Å². The second-order valence-corrected chi connectivity index (χ2v) is 3.47. The molecule has 1 aliphatic carbocycles. The Morgan fingerprint density at radius 2 is 2.09 bits per heavy atom. The molecule has 0 bridgehead atoms. The maximum atomic E-state index is 6.07. The Morgan fingerprint density at radius 1 is 1.36 bits per heavy atom. The molecule has 0 aliphatic heterocycles. The molecule has 1 aromatic carbocycles. The van der Waals surface area contributed by atoms with Crippen molar-refractivity contribution in [2.24, 2.45) is 0 Å². The van der Waals surface area contributed by atoms with E-state index in [4.69, 9.17) is 11.6 Å². The van der Waals surface area contributed by atoms with Crippen LogP contribution >= 0.6 is 11.6 Å². The van der Waals surface area contributed by atoms with Gasteiger partial charge in [0.1, 0.15) is 0 Å². The molecule has 0 aromatic heterocycles. The SMILES string of the molecule is [CH2]c1cccc(C2CC2)c1Cl. The van der Waals surface area contributed by atoms with Crippen molar-refractivity contribution in [3.8, 4) is 0 Å². The van der Waals surface area contributed by atoms with Crippen molar-refractivity contribution in [3.05, 3.63) is 41.3 Å². The summed E-state index contributed by atoms with van der Waals surface area (Å²) in [6.45, 7) is 3.86. The van der Waals surface area contributed by atoms with Gasteiger partial charge in [0.05, 0.1) is 0 Å². The summed E-state index contributed by atoms with van der Waals surface area (Å²) in [7, 11) is 0. The highest BCUT2D eigenvalue weighted by Gasteiger charge is 2.25. The molecule has 0 nitrogen and oxygen atoms in total. The third kappa shape index (κ3) is 1.28. The van der Waals surface area contributed by atoms with Gasteiger partial charge in [-0.3, -0.25) is 0 Å². The van der Waals surface area contributed by atoms with Crippen LogP contribution in [0.1, 0.15) is 29.9 Å². The minimum Gasteiger partial charge on any atom is -0.0837 e. The molecule has 0 saturated heterocycles. The second-order valence-electron chi connectivity index (χ2n) is 3.09. The molecule has 0 amide bonds. The number of rotatable bonds is 1. The smallest absolute Gasteiger partial charge is 0.0472 e. The Bertz CT molecular complexity index is 274. The fourth-order valence-electron chi connectivity index (χ4n) is 1.31. The first-order valence-corrected chi connectivity index (χ1v) is 4.27. The predicted octanol–water partition coefficient (Wildman–Crippen LogP) is 3.40. The van der Waals surface area contributed by atoms with Gasteiger partial charge in [0, 0.05) is 5.02 Å². The van der Waals surface area contributed by atoms with E-state index >= 15 is 0 Å². The molecule has 57 valence electrons. The fourth-order valence-corrected chi connectivity index (χ4v) is 1.59. The molecule has 2 rings (SSSR count). The summed E-state index contributed by atoms with van der Waals surface area (Å²) in [5.41, 5.74) is 2.25. The van der Waals surface area contributed by atoms with E-state index in [0.29, 0.717) is 0 Å². The number of hydrogen-bond acceptors (Lipinski definition) is 0. The topological polar surface area (TPSA) is 0 Å². The maximum absolute atomic E-state index is 6.07. The summed E-state index contributed by atoms with van der Waals surface area (Å²) < 4.78 is 0. The highest BCUT2D eigenvalue weighted by Crippen LogP contribution is 2.43. The van der Waals surface area contributed by atoms with Crippen molar-refractivity contribution in [3.63, 3.8) is 0 Å². The van der Waals surface area contributed by atoms with E-state index in [2.05, 4.69) is 13.0 Å². The first kappa shape index (κ1) is 7.17. The van der Waals surface area contributed by atoms with Crippen LogP contribution in [0.25, 0.3) is 0 Å². The highest BCUT2D eigenvalue weighted by atomic mass is 35.5. The van der Waals surface area contributed by atoms with Gasteiger partial charge in [-0.15, -0.1) is 0 Å². The molecule has 0 N–H and O–H groups in total. The van der Waals surface area contributed by atoms with Gasteiger partial charge in [0.15, 0.2) is 0 Å². The van der Waals surface area contributed by atoms with Gasteiger partial charge in [0.2, 0.25) is 0 Å². The minimum absolute atomic E-state index is 0.726. The summed E-state index contributed by atoms with van der Waals surface area (Å²) in [5, 5.41) is 0.870. The third-order valence-corrected chi connectivity index (χ3v) is 2.59. The van der Waals surface area contributed by atoms with Gasteiger partial charge >= 0.3 is 0 Å². The molecule has 1 saturated carbocycles. The van der Waals surface area contributed by atoms with E-state index in [0.717, 1.165) is 16.5 Å². The van der Waals surface area contributed by atoms with Crippen molar-refractivity contribution in [2.45, 2.75) is 18.8 Å². The lowest BCUT2D eigenvalue weighted by atomic mass is 10.1. The van der Waals surface area contributed by atoms with Gasteiger partial charge in [-0.2, -0.15) is 0 Å². The van der Waals surface area contributed by atoms with E-state index < -0.39 is 0 Å². The van der Waals surface area contributed by atoms with E-state index in [1.165, 1.54) is 18.4 Å². The molecule has 0 spiro atoms. The van der Waals surface area contributed by atoms with E-state index in [1.807, 2.05) is 12.1 Å². The van der Waals surface area contributed by atoms with E-state index in [-0.39, 0.29) is 0 Å². The molecular weight excluding hydrogens is 156 g/mol. The Morgan fingerprint density at radius 3 is 2.73 bits per heavy atom. The van der Waals surface area contributed by atoms with E-state index in [1.54, 1.807) is 0 Å². The van der Waals surface area contributed by atoms with Gasteiger partial charge in [0.25, 0.3) is 0 Å². The molecule has 0 unspecified atom stereocenters. The van der Waals surface area contributed by atoms with Crippen LogP contribution in [-0.2, 0) is 0 Å². The van der Waals surface area contributed by atoms with Gasteiger partial charge in [-0.25, -0.2) is 0 Å². The van der Waals surface area contributed by atoms with E-state index in [9.17, 15) is 0 Å². The lowest BCUT2D eigenvalue weighted by molar-refractivity contribution is 1.13. The lowest BCUT2D eigenvalue weighted by Gasteiger charge is -2.03. The lowest BCUT2D eigenvalue weighted by Crippen LogP contribution is -1.83. The summed E-state index contributed by atoms with van der Waals surface area (Å²) in [6, 6.07) is 6.09. The van der Waals surface area contributed by atoms with Crippen LogP contribution in [0.5, 0.6) is 0 Å². The molecular formula is C10H10Cl. The van der Waals surface area contributed by atoms with Crippen molar-refractivity contribution in [1.82, 2.24) is 0 Å². The Kier molecular flexibility index (Phi) is 1.65. The normalized spacial score (nSPS) is 16.9. The summed E-state index contributed by atoms with van der Waals surface area (Å²) >= 11 is 6.07. The van der Waals surface area contributed by atoms with Crippen molar-refractivity contribution in [2.75, 3.05) is 0 Å². The van der Waals surface area contributed by atoms with Crippen LogP contribution in [0.15, 0.2) is 18.2 Å². The monoisotopic (exact) mass is 165 g/mol. The highest BCUT2D eigenvalue weighted by molar-refractivity contribution is 6.32. The van der Waals surface area contributed by atoms with Crippen LogP contribution in [0.3, 0.4) is 0 Å². The zero-order valence-corrected chi connectivity index (χ0v) is 7.06. The summed E-state index contributed by atoms with van der Waals surface area (Å²) in [6.07, 6.45) is 2.59. The molecule has 11 heavy (non-hydrogen) atoms. The van der Waals surface area contributed by atoms with Crippen molar-refractivity contribution in [1.29, 1.82) is 0 Å². The molecule has 1 radical (unpaired) electrons. The van der Waals surface area contributed by atoms with Crippen molar-refractivity contribution >= 4 is 11.6 Å². The van der Waals surface area contributed by atoms with Gasteiger partial charge in [-0.05, 0) is 36.8 Å². The largest absolute Gasteiger partial charge is 0.0837 e. The van der Waals surface area contributed by atoms with Crippen molar-refractivity contribution < 1.29 is 0 Å². The zero-order valence-electron chi connectivity index (χ0n) is 6.31. The minimum atomic E-state index is 0.726. The molecule has 0 atom stereocenters. The molecule has 1 heteroatoms. The predicted molar refractivity (Wildman–Crippen MR) is 47.9 cm³/mol. The summed E-state index contributed by atoms with van der Waals surface area (Å²) in [5.74, 6) is 0.726. The average molecular weight is 166 g/mol. The maximum Gasteiger partial charge on any atom is 0.0472 e. The molecule has 1 fully saturated rings. The third-order valence-electron chi connectivity index (χ3n) is 2.13. The molecule has 0 heterocycles. The standard InChI is InChI=1S/C10H10Cl/c1-7-3-2-4-9(10(7)11)8-5-6-8/h2-4,8H,1,5-6H2. The second kappa shape index (κ2) is 2.53. The average Bonchev–Trinajstić information content (AvgIpc) is 2.77. The first-order valence-electron chi connectivity index (χ1n) is 3.89. The number of hydrogen-bond donors (Lipinski definition) is 0. The Labute approximate surface area is 72.2 Å². The van der Waals surface area contributed by atoms with Crippen LogP contribution in [0.4, 0.5) is 0 Å². The van der Waals surface area contributed by atoms with Gasteiger partial charge < -0.3 is 0 Å². The zero-order chi connectivity index (χ0) is 7.84. The van der Waals surface area contributed by atoms with Crippen LogP contribution in [0.2, 0.25) is 5.02 Å². The molecule has 1 aromatic rings. The van der Waals surface area contributed by atoms with Crippen LogP contribution in [-0.4, -0.2) is 0 Å². The summed E-state index contributed by atoms with van der Waals surface area (Å²) in [4.78, 5) is 0. The first-order chi connectivity index (χ1) is 5.29.